The normalized spacial score (nSPS) is 12.7. The van der Waals surface area contributed by atoms with Gasteiger partial charge in [-0.1, -0.05) is 0 Å². The van der Waals surface area contributed by atoms with Gasteiger partial charge in [-0.05, 0) is 40.2 Å². The Balaban J connectivity index is 1.51. The smallest absolute Gasteiger partial charge is 0.251 e. The van der Waals surface area contributed by atoms with Crippen LogP contribution >= 0.6 is 39.0 Å². The number of rotatable bonds is 7. The molecule has 1 aliphatic heterocycles. The maximum Gasteiger partial charge on any atom is 0.251 e. The predicted octanol–water partition coefficient (Wildman–Crippen LogP) is 3.95. The second kappa shape index (κ2) is 8.82. The zero-order valence-corrected chi connectivity index (χ0v) is 16.9. The number of carbonyl (C=O) groups excluding carboxylic acids is 1. The summed E-state index contributed by atoms with van der Waals surface area (Å²) in [6.45, 7) is 1.55. The molecular weight excluding hydrogens is 426 g/mol. The number of fused-ring (bicyclic) bond motifs is 1. The molecule has 0 atom stereocenters. The fourth-order valence-corrected chi connectivity index (χ4v) is 4.80. The summed E-state index contributed by atoms with van der Waals surface area (Å²) in [5.74, 6) is 3.28. The number of carbonyl (C=O) groups is 1. The Bertz CT molecular complexity index is 733. The minimum Gasteiger partial charge on any atom is -0.493 e. The van der Waals surface area contributed by atoms with Gasteiger partial charge in [0, 0.05) is 28.5 Å². The average Bonchev–Trinajstić information content (AvgIpc) is 3.05. The van der Waals surface area contributed by atoms with Crippen LogP contribution in [0.5, 0.6) is 17.2 Å². The minimum atomic E-state index is -0.144. The van der Waals surface area contributed by atoms with E-state index in [0.29, 0.717) is 42.6 Å². The lowest BCUT2D eigenvalue weighted by atomic mass is 10.1. The minimum absolute atomic E-state index is 0.144. The number of hydrogen-bond donors (Lipinski definition) is 1. The van der Waals surface area contributed by atoms with Crippen LogP contribution < -0.4 is 19.5 Å². The molecule has 0 spiro atoms. The van der Waals surface area contributed by atoms with E-state index in [1.54, 1.807) is 42.3 Å². The Morgan fingerprint density at radius 3 is 2.96 bits per heavy atom. The van der Waals surface area contributed by atoms with E-state index >= 15 is 0 Å². The van der Waals surface area contributed by atoms with Gasteiger partial charge in [0.15, 0.2) is 11.5 Å². The molecule has 0 saturated heterocycles. The highest BCUT2D eigenvalue weighted by molar-refractivity contribution is 9.11. The fraction of sp³-hybridized carbons (Fsp3) is 0.353. The highest BCUT2D eigenvalue weighted by Gasteiger charge is 2.20. The van der Waals surface area contributed by atoms with Gasteiger partial charge in [0.05, 0.1) is 10.9 Å². The molecule has 0 aliphatic carbocycles. The molecule has 1 N–H and O–H groups in total. The highest BCUT2D eigenvalue weighted by Crippen LogP contribution is 2.40. The lowest BCUT2D eigenvalue weighted by Gasteiger charge is -2.21. The first-order valence-corrected chi connectivity index (χ1v) is 10.5. The van der Waals surface area contributed by atoms with E-state index in [0.717, 1.165) is 15.3 Å². The number of methoxy groups -OCH3 is 1. The van der Waals surface area contributed by atoms with Gasteiger partial charge in [0.25, 0.3) is 5.91 Å². The van der Waals surface area contributed by atoms with Crippen molar-refractivity contribution < 1.29 is 19.0 Å². The second-order valence-electron chi connectivity index (χ2n) is 5.22. The van der Waals surface area contributed by atoms with E-state index in [9.17, 15) is 4.79 Å². The molecular formula is C17H18BrNO4S2. The topological polar surface area (TPSA) is 56.8 Å². The van der Waals surface area contributed by atoms with Gasteiger partial charge in [0.2, 0.25) is 5.75 Å². The predicted molar refractivity (Wildman–Crippen MR) is 104 cm³/mol. The molecule has 2 heterocycles. The molecule has 1 aromatic heterocycles. The van der Waals surface area contributed by atoms with Gasteiger partial charge in [-0.3, -0.25) is 4.79 Å². The maximum atomic E-state index is 12.4. The summed E-state index contributed by atoms with van der Waals surface area (Å²) in [6, 6.07) is 7.54. The molecule has 25 heavy (non-hydrogen) atoms. The Hall–Kier alpha value is -1.38. The fourth-order valence-electron chi connectivity index (χ4n) is 2.35. The molecule has 0 saturated carbocycles. The highest BCUT2D eigenvalue weighted by atomic mass is 79.9. The molecule has 5 nitrogen and oxygen atoms in total. The summed E-state index contributed by atoms with van der Waals surface area (Å²) in [4.78, 5) is 13.7. The third kappa shape index (κ3) is 4.83. The van der Waals surface area contributed by atoms with Crippen molar-refractivity contribution in [3.8, 4) is 17.2 Å². The van der Waals surface area contributed by atoms with Gasteiger partial charge in [-0.15, -0.1) is 11.3 Å². The summed E-state index contributed by atoms with van der Waals surface area (Å²) in [6.07, 6.45) is 0. The van der Waals surface area contributed by atoms with E-state index in [-0.39, 0.29) is 5.91 Å². The average molecular weight is 444 g/mol. The lowest BCUT2D eigenvalue weighted by Crippen LogP contribution is -2.26. The third-order valence-corrected chi connectivity index (χ3v) is 6.31. The summed E-state index contributed by atoms with van der Waals surface area (Å²) < 4.78 is 17.6. The van der Waals surface area contributed by atoms with Crippen LogP contribution in [0.1, 0.15) is 15.2 Å². The van der Waals surface area contributed by atoms with E-state index in [2.05, 4.69) is 33.4 Å². The van der Waals surface area contributed by atoms with Crippen molar-refractivity contribution in [3.63, 3.8) is 0 Å². The number of ether oxygens (including phenoxy) is 3. The van der Waals surface area contributed by atoms with Crippen LogP contribution in [0.2, 0.25) is 0 Å². The molecule has 1 aromatic carbocycles. The van der Waals surface area contributed by atoms with Crippen LogP contribution in [0.25, 0.3) is 0 Å². The summed E-state index contributed by atoms with van der Waals surface area (Å²) in [5.41, 5.74) is 0.508. The van der Waals surface area contributed by atoms with Crippen molar-refractivity contribution in [2.75, 3.05) is 32.6 Å². The van der Waals surface area contributed by atoms with Crippen LogP contribution in [0.3, 0.4) is 0 Å². The number of thiophene rings is 1. The van der Waals surface area contributed by atoms with Crippen molar-refractivity contribution in [2.45, 2.75) is 5.75 Å². The van der Waals surface area contributed by atoms with Gasteiger partial charge >= 0.3 is 0 Å². The van der Waals surface area contributed by atoms with Gasteiger partial charge in [-0.2, -0.15) is 11.8 Å². The quantitative estimate of drug-likeness (QED) is 0.656. The van der Waals surface area contributed by atoms with Gasteiger partial charge < -0.3 is 19.5 Å². The Morgan fingerprint density at radius 1 is 1.36 bits per heavy atom. The monoisotopic (exact) mass is 443 g/mol. The standard InChI is InChI=1S/C17H18BrNO4S2/c1-21-13-8-11(9-14-16(13)23-6-5-22-14)17(20)19-4-7-24-10-12-2-3-15(18)25-12/h2-3,8-9H,4-7,10H2,1H3,(H,19,20). The Labute approximate surface area is 163 Å². The number of benzene rings is 1. The lowest BCUT2D eigenvalue weighted by molar-refractivity contribution is 0.0954. The van der Waals surface area contributed by atoms with Crippen molar-refractivity contribution >= 4 is 44.9 Å². The van der Waals surface area contributed by atoms with Crippen LogP contribution in [0, 0.1) is 0 Å². The number of nitrogens with one attached hydrogen (secondary N) is 1. The molecule has 0 radical (unpaired) electrons. The second-order valence-corrected chi connectivity index (χ2v) is 8.87. The summed E-state index contributed by atoms with van der Waals surface area (Å²) >= 11 is 6.99. The van der Waals surface area contributed by atoms with Gasteiger partial charge in [0.1, 0.15) is 13.2 Å². The van der Waals surface area contributed by atoms with Crippen molar-refractivity contribution in [1.82, 2.24) is 5.32 Å². The number of halogens is 1. The molecule has 1 aliphatic rings. The zero-order valence-electron chi connectivity index (χ0n) is 13.7. The number of thioether (sulfide) groups is 1. The Morgan fingerprint density at radius 2 is 2.20 bits per heavy atom. The first kappa shape index (κ1) is 18.4. The molecule has 0 unspecified atom stereocenters. The van der Waals surface area contributed by atoms with Crippen LogP contribution in [0.15, 0.2) is 28.1 Å². The maximum absolute atomic E-state index is 12.4. The van der Waals surface area contributed by atoms with E-state index < -0.39 is 0 Å². The van der Waals surface area contributed by atoms with Crippen LogP contribution in [-0.2, 0) is 5.75 Å². The first-order valence-electron chi connectivity index (χ1n) is 7.75. The molecule has 2 aromatic rings. The van der Waals surface area contributed by atoms with Crippen molar-refractivity contribution in [3.05, 3.63) is 38.5 Å². The SMILES string of the molecule is COc1cc(C(=O)NCCSCc2ccc(Br)s2)cc2c1OCCO2. The molecule has 1 amide bonds. The molecule has 3 rings (SSSR count). The summed E-state index contributed by atoms with van der Waals surface area (Å²) in [7, 11) is 1.55. The van der Waals surface area contributed by atoms with Gasteiger partial charge in [-0.25, -0.2) is 0 Å². The summed E-state index contributed by atoms with van der Waals surface area (Å²) in [5, 5.41) is 2.93. The number of hydrogen-bond acceptors (Lipinski definition) is 6. The van der Waals surface area contributed by atoms with Crippen LogP contribution in [-0.4, -0.2) is 38.5 Å². The molecule has 0 fully saturated rings. The third-order valence-electron chi connectivity index (χ3n) is 3.50. The van der Waals surface area contributed by atoms with E-state index in [1.165, 1.54) is 4.88 Å². The first-order chi connectivity index (χ1) is 12.2. The van der Waals surface area contributed by atoms with Crippen molar-refractivity contribution in [2.24, 2.45) is 0 Å². The molecule has 0 bridgehead atoms. The van der Waals surface area contributed by atoms with Crippen molar-refractivity contribution in [1.29, 1.82) is 0 Å². The van der Waals surface area contributed by atoms with E-state index in [4.69, 9.17) is 14.2 Å². The van der Waals surface area contributed by atoms with Crippen LogP contribution in [0.4, 0.5) is 0 Å². The van der Waals surface area contributed by atoms with E-state index in [1.807, 2.05) is 0 Å². The molecule has 134 valence electrons. The Kier molecular flexibility index (Phi) is 6.50. The molecule has 8 heteroatoms. The largest absolute Gasteiger partial charge is 0.493 e. The number of amides is 1. The zero-order chi connectivity index (χ0) is 17.6.